The molecule has 0 saturated carbocycles. The zero-order valence-corrected chi connectivity index (χ0v) is 18.2. The van der Waals surface area contributed by atoms with Gasteiger partial charge in [0.2, 0.25) is 0 Å². The van der Waals surface area contributed by atoms with Crippen molar-refractivity contribution in [3.05, 3.63) is 54.1 Å². The number of ether oxygens (including phenoxy) is 2. The molecule has 2 aromatic carbocycles. The Morgan fingerprint density at radius 1 is 1.03 bits per heavy atom. The van der Waals surface area contributed by atoms with Crippen LogP contribution in [0.4, 0.5) is 0 Å². The second-order valence-electron chi connectivity index (χ2n) is 7.81. The molecule has 9 nitrogen and oxygen atoms in total. The number of hydrogen-bond acceptors (Lipinski definition) is 6. The van der Waals surface area contributed by atoms with E-state index in [1.165, 1.54) is 0 Å². The fourth-order valence-corrected chi connectivity index (χ4v) is 4.90. The molecule has 4 bridgehead atoms. The maximum atomic E-state index is 12.7. The number of benzene rings is 2. The summed E-state index contributed by atoms with van der Waals surface area (Å²) in [5.41, 5.74) is 3.07. The highest BCUT2D eigenvalue weighted by Crippen LogP contribution is 2.36. The third-order valence-corrected chi connectivity index (χ3v) is 6.66. The first-order valence-electron chi connectivity index (χ1n) is 10.5. The Morgan fingerprint density at radius 3 is 2.78 bits per heavy atom. The van der Waals surface area contributed by atoms with Gasteiger partial charge >= 0.3 is 10.2 Å². The van der Waals surface area contributed by atoms with E-state index in [-0.39, 0.29) is 24.8 Å². The van der Waals surface area contributed by atoms with Gasteiger partial charge in [-0.2, -0.15) is 13.1 Å². The third-order valence-electron chi connectivity index (χ3n) is 5.62. The maximum Gasteiger partial charge on any atom is 0.301 e. The zero-order valence-electron chi connectivity index (χ0n) is 17.3. The first kappa shape index (κ1) is 21.0. The number of carbonyl (C=O) groups is 1. The minimum absolute atomic E-state index is 0.0187. The van der Waals surface area contributed by atoms with Crippen molar-refractivity contribution >= 4 is 27.0 Å². The molecular formula is C22H24N4O5S. The highest BCUT2D eigenvalue weighted by atomic mass is 32.2. The monoisotopic (exact) mass is 456 g/mol. The van der Waals surface area contributed by atoms with Gasteiger partial charge in [-0.1, -0.05) is 18.2 Å². The number of fused-ring (bicyclic) bond motifs is 4. The molecule has 3 N–H and O–H groups in total. The lowest BCUT2D eigenvalue weighted by molar-refractivity contribution is 0.0980. The Balaban J connectivity index is 1.63. The van der Waals surface area contributed by atoms with Crippen LogP contribution in [0.15, 0.2) is 48.5 Å². The van der Waals surface area contributed by atoms with Gasteiger partial charge in [0.25, 0.3) is 5.91 Å². The van der Waals surface area contributed by atoms with Crippen molar-refractivity contribution in [1.29, 1.82) is 0 Å². The van der Waals surface area contributed by atoms with E-state index in [1.807, 2.05) is 30.3 Å². The molecule has 10 heteroatoms. The molecule has 0 fully saturated rings. The third kappa shape index (κ3) is 4.22. The minimum Gasteiger partial charge on any atom is -0.491 e. The largest absolute Gasteiger partial charge is 0.491 e. The summed E-state index contributed by atoms with van der Waals surface area (Å²) in [6, 6.07) is 15.2. The molecule has 0 aliphatic carbocycles. The molecule has 3 heterocycles. The van der Waals surface area contributed by atoms with Gasteiger partial charge in [0.15, 0.2) is 0 Å². The molecule has 1 aromatic heterocycles. The van der Waals surface area contributed by atoms with Crippen LogP contribution in [0, 0.1) is 0 Å². The van der Waals surface area contributed by atoms with E-state index in [4.69, 9.17) is 9.47 Å². The van der Waals surface area contributed by atoms with Crippen LogP contribution in [-0.4, -0.2) is 57.8 Å². The average molecular weight is 457 g/mol. The number of hydrogen-bond donors (Lipinski definition) is 3. The van der Waals surface area contributed by atoms with E-state index in [2.05, 4.69) is 25.4 Å². The summed E-state index contributed by atoms with van der Waals surface area (Å²) >= 11 is 0. The number of carbonyl (C=O) groups excluding carboxylic acids is 1. The van der Waals surface area contributed by atoms with Crippen molar-refractivity contribution < 1.29 is 22.7 Å². The summed E-state index contributed by atoms with van der Waals surface area (Å²) in [5, 5.41) is 4.43. The maximum absolute atomic E-state index is 12.7. The molecule has 0 spiro atoms. The molecule has 0 saturated heterocycles. The van der Waals surface area contributed by atoms with E-state index in [1.54, 1.807) is 12.1 Å². The van der Waals surface area contributed by atoms with Gasteiger partial charge in [0, 0.05) is 41.7 Å². The SMILES string of the molecule is O=C1NS(=O)(=O)NCCOCCNC2COc3ccccc3-c3cc4ccc1cc4n3C2. The molecule has 168 valence electrons. The van der Waals surface area contributed by atoms with Crippen LogP contribution in [-0.2, 0) is 21.5 Å². The minimum atomic E-state index is -3.98. The van der Waals surface area contributed by atoms with Crippen LogP contribution in [0.5, 0.6) is 5.75 Å². The second kappa shape index (κ2) is 8.55. The topological polar surface area (TPSA) is 111 Å². The van der Waals surface area contributed by atoms with E-state index < -0.39 is 16.1 Å². The Kier molecular flexibility index (Phi) is 5.60. The average Bonchev–Trinajstić information content (AvgIpc) is 3.11. The Labute approximate surface area is 185 Å². The van der Waals surface area contributed by atoms with E-state index >= 15 is 0 Å². The second-order valence-corrected chi connectivity index (χ2v) is 9.31. The van der Waals surface area contributed by atoms with Gasteiger partial charge in [-0.15, -0.1) is 0 Å². The fourth-order valence-electron chi connectivity index (χ4n) is 4.11. The normalized spacial score (nSPS) is 21.4. The summed E-state index contributed by atoms with van der Waals surface area (Å²) in [7, 11) is -3.98. The molecule has 1 amide bonds. The number of amides is 1. The highest BCUT2D eigenvalue weighted by Gasteiger charge is 2.23. The van der Waals surface area contributed by atoms with Crippen LogP contribution in [0.3, 0.4) is 0 Å². The Bertz CT molecular complexity index is 1270. The molecule has 2 aliphatic heterocycles. The lowest BCUT2D eigenvalue weighted by atomic mass is 10.1. The van der Waals surface area contributed by atoms with E-state index in [0.717, 1.165) is 27.9 Å². The Hall–Kier alpha value is -2.92. The quantitative estimate of drug-likeness (QED) is 0.470. The number of aromatic nitrogens is 1. The predicted octanol–water partition coefficient (Wildman–Crippen LogP) is 1.25. The van der Waals surface area contributed by atoms with E-state index in [0.29, 0.717) is 26.3 Å². The molecule has 1 unspecified atom stereocenters. The van der Waals surface area contributed by atoms with Crippen molar-refractivity contribution in [2.24, 2.45) is 0 Å². The number of nitrogens with one attached hydrogen (secondary N) is 3. The fraction of sp³-hybridized carbons (Fsp3) is 0.318. The van der Waals surface area contributed by atoms with Crippen molar-refractivity contribution in [2.75, 3.05) is 32.9 Å². The first-order valence-corrected chi connectivity index (χ1v) is 12.0. The highest BCUT2D eigenvalue weighted by molar-refractivity contribution is 7.88. The molecule has 32 heavy (non-hydrogen) atoms. The number of nitrogens with zero attached hydrogens (tertiary/aromatic N) is 1. The van der Waals surface area contributed by atoms with Crippen LogP contribution >= 0.6 is 0 Å². The number of rotatable bonds is 0. The molecule has 5 rings (SSSR count). The predicted molar refractivity (Wildman–Crippen MR) is 120 cm³/mol. The summed E-state index contributed by atoms with van der Waals surface area (Å²) in [5.74, 6) is 0.107. The van der Waals surface area contributed by atoms with Gasteiger partial charge in [0.1, 0.15) is 12.4 Å². The van der Waals surface area contributed by atoms with Gasteiger partial charge in [0.05, 0.1) is 24.9 Å². The van der Waals surface area contributed by atoms with Crippen LogP contribution in [0.25, 0.3) is 22.2 Å². The number of para-hydroxylation sites is 1. The van der Waals surface area contributed by atoms with Crippen LogP contribution in [0.1, 0.15) is 10.4 Å². The lowest BCUT2D eigenvalue weighted by Crippen LogP contribution is -2.42. The summed E-state index contributed by atoms with van der Waals surface area (Å²) in [6.07, 6.45) is 0. The van der Waals surface area contributed by atoms with Crippen molar-refractivity contribution in [2.45, 2.75) is 12.6 Å². The smallest absolute Gasteiger partial charge is 0.301 e. The first-order chi connectivity index (χ1) is 15.5. The van der Waals surface area contributed by atoms with Gasteiger partial charge in [-0.3, -0.25) is 4.79 Å². The van der Waals surface area contributed by atoms with Crippen LogP contribution in [0.2, 0.25) is 0 Å². The summed E-state index contributed by atoms with van der Waals surface area (Å²) in [4.78, 5) is 12.7. The van der Waals surface area contributed by atoms with Crippen molar-refractivity contribution in [3.8, 4) is 17.0 Å². The van der Waals surface area contributed by atoms with E-state index in [9.17, 15) is 13.2 Å². The zero-order chi connectivity index (χ0) is 22.1. The molecule has 3 aromatic rings. The molecule has 0 radical (unpaired) electrons. The van der Waals surface area contributed by atoms with Crippen molar-refractivity contribution in [3.63, 3.8) is 0 Å². The van der Waals surface area contributed by atoms with Gasteiger partial charge < -0.3 is 19.4 Å². The lowest BCUT2D eigenvalue weighted by Gasteiger charge is -2.26. The molecule has 1 atom stereocenters. The van der Waals surface area contributed by atoms with Crippen LogP contribution < -0.4 is 19.5 Å². The summed E-state index contributed by atoms with van der Waals surface area (Å²) < 4.78 is 42.6. The Morgan fingerprint density at radius 2 is 1.88 bits per heavy atom. The van der Waals surface area contributed by atoms with Crippen molar-refractivity contribution in [1.82, 2.24) is 19.3 Å². The standard InChI is InChI=1S/C22H24N4O5S/c27-22-16-6-5-15-11-20-18-3-1-2-4-21(18)31-14-17(13-26(20)19(15)12-16)23-7-9-30-10-8-24-32(28,29)25-22/h1-6,11-12,17,23-24H,7-10,13-14H2,(H,25,27). The summed E-state index contributed by atoms with van der Waals surface area (Å²) in [6.45, 7) is 2.39. The molecular weight excluding hydrogens is 432 g/mol. The molecule has 2 aliphatic rings. The van der Waals surface area contributed by atoms with Gasteiger partial charge in [-0.25, -0.2) is 4.72 Å². The van der Waals surface area contributed by atoms with Gasteiger partial charge in [-0.05, 0) is 30.3 Å².